The average molecular weight is 449 g/mol. The highest BCUT2D eigenvalue weighted by molar-refractivity contribution is 9.10. The van der Waals surface area contributed by atoms with Crippen LogP contribution in [0, 0.1) is 6.92 Å². The Morgan fingerprint density at radius 2 is 2.08 bits per heavy atom. The average Bonchev–Trinajstić information content (AvgIpc) is 3.10. The van der Waals surface area contributed by atoms with Gasteiger partial charge in [0.1, 0.15) is 4.88 Å². The van der Waals surface area contributed by atoms with Crippen molar-refractivity contribution in [3.8, 4) is 5.88 Å². The van der Waals surface area contributed by atoms with E-state index in [4.69, 9.17) is 11.6 Å². The zero-order valence-corrected chi connectivity index (χ0v) is 16.5. The van der Waals surface area contributed by atoms with E-state index in [2.05, 4.69) is 31.2 Å². The number of hydrogen-bond acceptors (Lipinski definition) is 5. The molecule has 0 unspecified atom stereocenters. The van der Waals surface area contributed by atoms with Crippen molar-refractivity contribution in [2.24, 2.45) is 4.99 Å². The van der Waals surface area contributed by atoms with Gasteiger partial charge in [-0.25, -0.2) is 4.99 Å². The molecule has 0 aliphatic carbocycles. The van der Waals surface area contributed by atoms with Gasteiger partial charge in [-0.3, -0.25) is 4.79 Å². The number of hydrogen-bond donors (Lipinski definition) is 2. The molecule has 0 saturated carbocycles. The number of aromatic hydroxyl groups is 1. The Morgan fingerprint density at radius 1 is 1.27 bits per heavy atom. The molecule has 130 valence electrons. The third-order valence-corrected chi connectivity index (χ3v) is 5.89. The number of halogens is 2. The summed E-state index contributed by atoms with van der Waals surface area (Å²) in [6.07, 6.45) is 0. The van der Waals surface area contributed by atoms with E-state index in [1.165, 1.54) is 11.3 Å². The molecule has 5 nitrogen and oxygen atoms in total. The summed E-state index contributed by atoms with van der Waals surface area (Å²) in [5.41, 5.74) is 2.01. The van der Waals surface area contributed by atoms with Gasteiger partial charge >= 0.3 is 0 Å². The van der Waals surface area contributed by atoms with E-state index < -0.39 is 0 Å². The van der Waals surface area contributed by atoms with E-state index in [9.17, 15) is 9.90 Å². The van der Waals surface area contributed by atoms with Gasteiger partial charge in [-0.05, 0) is 42.8 Å². The molecule has 3 aromatic rings. The molecular formula is C18H11BrClN3O2S. The number of anilines is 2. The lowest BCUT2D eigenvalue weighted by molar-refractivity contribution is -0.112. The van der Waals surface area contributed by atoms with Crippen LogP contribution in [-0.2, 0) is 4.79 Å². The van der Waals surface area contributed by atoms with Gasteiger partial charge in [0, 0.05) is 20.4 Å². The highest BCUT2D eigenvalue weighted by Gasteiger charge is 2.25. The molecule has 1 aromatic heterocycles. The summed E-state index contributed by atoms with van der Waals surface area (Å²) < 4.78 is 0.829. The zero-order chi connectivity index (χ0) is 18.4. The molecule has 4 rings (SSSR count). The molecule has 0 bridgehead atoms. The normalized spacial score (nSPS) is 12.9. The number of nitrogens with zero attached hydrogens (tertiary/aromatic N) is 2. The van der Waals surface area contributed by atoms with Crippen molar-refractivity contribution in [1.82, 2.24) is 4.98 Å². The number of carbonyl (C=O) groups is 1. The minimum absolute atomic E-state index is 0.205. The molecule has 26 heavy (non-hydrogen) atoms. The lowest BCUT2D eigenvalue weighted by Gasteiger charge is -2.07. The highest BCUT2D eigenvalue weighted by atomic mass is 79.9. The fraction of sp³-hybridized carbons (Fsp3) is 0.0556. The maximum Gasteiger partial charge on any atom is 0.279 e. The maximum absolute atomic E-state index is 12.4. The summed E-state index contributed by atoms with van der Waals surface area (Å²) in [6, 6.07) is 10.9. The van der Waals surface area contributed by atoms with Crippen molar-refractivity contribution in [2.75, 3.05) is 5.32 Å². The first-order valence-electron chi connectivity index (χ1n) is 7.59. The van der Waals surface area contributed by atoms with Gasteiger partial charge in [0.05, 0.1) is 10.9 Å². The van der Waals surface area contributed by atoms with Crippen LogP contribution in [0.15, 0.2) is 45.9 Å². The van der Waals surface area contributed by atoms with Gasteiger partial charge in [-0.2, -0.15) is 4.98 Å². The van der Waals surface area contributed by atoms with Crippen LogP contribution in [0.25, 0.3) is 5.57 Å². The van der Waals surface area contributed by atoms with E-state index in [0.717, 1.165) is 15.7 Å². The molecular weight excluding hydrogens is 438 g/mol. The minimum atomic E-state index is -0.387. The second-order valence-corrected chi connectivity index (χ2v) is 7.98. The summed E-state index contributed by atoms with van der Waals surface area (Å²) in [5, 5.41) is 15.8. The monoisotopic (exact) mass is 447 g/mol. The summed E-state index contributed by atoms with van der Waals surface area (Å²) in [6.45, 7) is 1.89. The van der Waals surface area contributed by atoms with E-state index >= 15 is 0 Å². The topological polar surface area (TPSA) is 74.6 Å². The van der Waals surface area contributed by atoms with Crippen LogP contribution in [0.1, 0.15) is 10.4 Å². The molecule has 8 heteroatoms. The Morgan fingerprint density at radius 3 is 2.88 bits per heavy atom. The molecule has 2 aromatic carbocycles. The first-order chi connectivity index (χ1) is 12.4. The van der Waals surface area contributed by atoms with Gasteiger partial charge in [0.25, 0.3) is 5.91 Å². The minimum Gasteiger partial charge on any atom is -0.492 e. The third-order valence-electron chi connectivity index (χ3n) is 4.01. The smallest absolute Gasteiger partial charge is 0.279 e. The van der Waals surface area contributed by atoms with Crippen LogP contribution in [0.2, 0.25) is 5.02 Å². The van der Waals surface area contributed by atoms with Gasteiger partial charge < -0.3 is 10.4 Å². The van der Waals surface area contributed by atoms with E-state index in [1.54, 1.807) is 12.1 Å². The van der Waals surface area contributed by atoms with Gasteiger partial charge in [-0.15, -0.1) is 0 Å². The van der Waals surface area contributed by atoms with Crippen molar-refractivity contribution in [2.45, 2.75) is 6.92 Å². The molecule has 2 heterocycles. The molecule has 2 N–H and O–H groups in total. The number of fused-ring (bicyclic) bond motifs is 1. The fourth-order valence-corrected chi connectivity index (χ4v) is 4.15. The quantitative estimate of drug-likeness (QED) is 0.641. The Bertz CT molecular complexity index is 1190. The summed E-state index contributed by atoms with van der Waals surface area (Å²) in [4.78, 5) is 20.9. The third kappa shape index (κ3) is 2.92. The van der Waals surface area contributed by atoms with Crippen LogP contribution in [0.4, 0.5) is 10.8 Å². The maximum atomic E-state index is 12.4. The lowest BCUT2D eigenvalue weighted by Crippen LogP contribution is -2.22. The Hall–Kier alpha value is -2.22. The molecule has 0 spiro atoms. The summed E-state index contributed by atoms with van der Waals surface area (Å²) >= 11 is 10.7. The largest absolute Gasteiger partial charge is 0.492 e. The Balaban J connectivity index is 1.81. The Kier molecular flexibility index (Phi) is 4.30. The van der Waals surface area contributed by atoms with Crippen molar-refractivity contribution < 1.29 is 9.90 Å². The molecule has 1 aliphatic heterocycles. The lowest BCUT2D eigenvalue weighted by atomic mass is 10.1. The van der Waals surface area contributed by atoms with Crippen LogP contribution in [-0.4, -0.2) is 16.0 Å². The van der Waals surface area contributed by atoms with Gasteiger partial charge in [0.15, 0.2) is 5.13 Å². The van der Waals surface area contributed by atoms with Gasteiger partial charge in [0.2, 0.25) is 5.88 Å². The SMILES string of the molecule is Cc1c(Cl)cccc1Nc1nc(O)c(C2=c3cc(Br)ccc3=NC2=O)s1. The van der Waals surface area contributed by atoms with Crippen molar-refractivity contribution >= 4 is 61.2 Å². The Labute approximate surface area is 165 Å². The first-order valence-corrected chi connectivity index (χ1v) is 9.58. The van der Waals surface area contributed by atoms with E-state index in [0.29, 0.717) is 31.2 Å². The van der Waals surface area contributed by atoms with E-state index in [-0.39, 0.29) is 11.8 Å². The second-order valence-electron chi connectivity index (χ2n) is 5.66. The molecule has 1 amide bonds. The number of rotatable bonds is 3. The molecule has 0 saturated heterocycles. The number of carbonyl (C=O) groups excluding carboxylic acids is 1. The molecule has 0 atom stereocenters. The predicted octanol–water partition coefficient (Wildman–Crippen LogP) is 3.68. The number of amides is 1. The predicted molar refractivity (Wildman–Crippen MR) is 106 cm³/mol. The number of aromatic nitrogens is 1. The first kappa shape index (κ1) is 17.2. The van der Waals surface area contributed by atoms with Crippen LogP contribution < -0.4 is 15.9 Å². The van der Waals surface area contributed by atoms with Crippen LogP contribution in [0.3, 0.4) is 0 Å². The molecule has 0 radical (unpaired) electrons. The summed E-state index contributed by atoms with van der Waals surface area (Å²) in [7, 11) is 0. The zero-order valence-electron chi connectivity index (χ0n) is 13.4. The van der Waals surface area contributed by atoms with Crippen molar-refractivity contribution in [3.05, 3.63) is 66.9 Å². The van der Waals surface area contributed by atoms with Crippen molar-refractivity contribution in [1.29, 1.82) is 0 Å². The standard InChI is InChI=1S/C18H11BrClN3O2S/c1-8-11(20)3-2-4-12(8)22-18-23-17(25)15(26-18)14-10-7-9(19)5-6-13(10)21-16(14)24/h2-7,25H,1H3,(H,22,23). The summed E-state index contributed by atoms with van der Waals surface area (Å²) in [5.74, 6) is -0.592. The van der Waals surface area contributed by atoms with Crippen LogP contribution in [0.5, 0.6) is 5.88 Å². The highest BCUT2D eigenvalue weighted by Crippen LogP contribution is 2.36. The molecule has 0 fully saturated rings. The second kappa shape index (κ2) is 6.50. The number of thiazole rings is 1. The molecule has 1 aliphatic rings. The van der Waals surface area contributed by atoms with Gasteiger partial charge in [-0.1, -0.05) is 44.9 Å². The number of benzene rings is 2. The van der Waals surface area contributed by atoms with Crippen molar-refractivity contribution in [3.63, 3.8) is 0 Å². The fourth-order valence-electron chi connectivity index (χ4n) is 2.69. The van der Waals surface area contributed by atoms with Crippen LogP contribution >= 0.6 is 38.9 Å². The van der Waals surface area contributed by atoms with E-state index in [1.807, 2.05) is 31.2 Å². The number of nitrogens with one attached hydrogen (secondary N) is 1.